The van der Waals surface area contributed by atoms with Crippen molar-refractivity contribution in [3.05, 3.63) is 23.8 Å². The van der Waals surface area contributed by atoms with Gasteiger partial charge in [-0.2, -0.15) is 0 Å². The molecule has 11 nitrogen and oxygen atoms in total. The molecule has 44 heavy (non-hydrogen) atoms. The molecule has 250 valence electrons. The van der Waals surface area contributed by atoms with E-state index in [9.17, 15) is 19.5 Å². The maximum absolute atomic E-state index is 13.4. The van der Waals surface area contributed by atoms with Gasteiger partial charge in [-0.15, -0.1) is 0 Å². The van der Waals surface area contributed by atoms with E-state index in [1.165, 1.54) is 4.90 Å². The molecule has 0 bridgehead atoms. The SMILES string of the molecule is CCC(C)C(CC1OCN(C(=O)O)C1CC(Cc1ccc(OC)c(OCCCOC)c1)C(C)C)C(=O)NCC(C)(C)C(N)=O. The zero-order valence-corrected chi connectivity index (χ0v) is 27.9. The van der Waals surface area contributed by atoms with E-state index in [0.29, 0.717) is 44.0 Å². The summed E-state index contributed by atoms with van der Waals surface area (Å²) in [7, 11) is 3.27. The number of ether oxygens (including phenoxy) is 4. The predicted molar refractivity (Wildman–Crippen MR) is 169 cm³/mol. The van der Waals surface area contributed by atoms with Gasteiger partial charge in [0.1, 0.15) is 6.73 Å². The van der Waals surface area contributed by atoms with Crippen LogP contribution in [0.1, 0.15) is 72.8 Å². The Bertz CT molecular complexity index is 1080. The van der Waals surface area contributed by atoms with Crippen LogP contribution >= 0.6 is 0 Å². The lowest BCUT2D eigenvalue weighted by molar-refractivity contribution is -0.130. The van der Waals surface area contributed by atoms with Crippen molar-refractivity contribution in [2.75, 3.05) is 40.7 Å². The summed E-state index contributed by atoms with van der Waals surface area (Å²) in [6.45, 7) is 12.9. The predicted octanol–water partition coefficient (Wildman–Crippen LogP) is 4.70. The average molecular weight is 622 g/mol. The average Bonchev–Trinajstić information content (AvgIpc) is 3.38. The van der Waals surface area contributed by atoms with E-state index in [-0.39, 0.29) is 36.9 Å². The van der Waals surface area contributed by atoms with Crippen LogP contribution in [-0.4, -0.2) is 80.8 Å². The van der Waals surface area contributed by atoms with Crippen molar-refractivity contribution < 1.29 is 38.4 Å². The maximum Gasteiger partial charge on any atom is 0.409 e. The highest BCUT2D eigenvalue weighted by atomic mass is 16.5. The number of amides is 3. The molecule has 1 saturated heterocycles. The molecule has 4 N–H and O–H groups in total. The van der Waals surface area contributed by atoms with Gasteiger partial charge in [-0.25, -0.2) is 4.79 Å². The lowest BCUT2D eigenvalue weighted by atomic mass is 9.79. The van der Waals surface area contributed by atoms with Gasteiger partial charge in [0.15, 0.2) is 11.5 Å². The van der Waals surface area contributed by atoms with Gasteiger partial charge in [-0.1, -0.05) is 40.2 Å². The van der Waals surface area contributed by atoms with E-state index < -0.39 is 35.5 Å². The second-order valence-corrected chi connectivity index (χ2v) is 13.0. The summed E-state index contributed by atoms with van der Waals surface area (Å²) in [4.78, 5) is 38.9. The highest BCUT2D eigenvalue weighted by molar-refractivity contribution is 5.83. The maximum atomic E-state index is 13.4. The number of hydrogen-bond donors (Lipinski definition) is 3. The molecule has 1 fully saturated rings. The van der Waals surface area contributed by atoms with E-state index in [1.54, 1.807) is 28.1 Å². The molecule has 5 unspecified atom stereocenters. The zero-order chi connectivity index (χ0) is 33.0. The number of nitrogens with zero attached hydrogens (tertiary/aromatic N) is 1. The summed E-state index contributed by atoms with van der Waals surface area (Å²) < 4.78 is 22.7. The summed E-state index contributed by atoms with van der Waals surface area (Å²) >= 11 is 0. The van der Waals surface area contributed by atoms with E-state index >= 15 is 0 Å². The molecule has 5 atom stereocenters. The fourth-order valence-electron chi connectivity index (χ4n) is 5.49. The molecule has 1 aliphatic rings. The van der Waals surface area contributed by atoms with Crippen LogP contribution in [0.3, 0.4) is 0 Å². The van der Waals surface area contributed by atoms with Gasteiger partial charge in [0.05, 0.1) is 31.3 Å². The first-order valence-electron chi connectivity index (χ1n) is 15.7. The molecule has 0 saturated carbocycles. The number of rotatable bonds is 19. The molecule has 1 aromatic rings. The second-order valence-electron chi connectivity index (χ2n) is 13.0. The van der Waals surface area contributed by atoms with Gasteiger partial charge in [0, 0.05) is 32.6 Å². The second kappa shape index (κ2) is 17.4. The number of nitrogens with two attached hydrogens (primary N) is 1. The van der Waals surface area contributed by atoms with Gasteiger partial charge in [-0.3, -0.25) is 14.5 Å². The van der Waals surface area contributed by atoms with Gasteiger partial charge in [0.2, 0.25) is 11.8 Å². The number of primary amides is 1. The summed E-state index contributed by atoms with van der Waals surface area (Å²) in [6.07, 6.45) is 1.70. The quantitative estimate of drug-likeness (QED) is 0.188. The first kappa shape index (κ1) is 37.1. The number of nitrogens with one attached hydrogen (secondary N) is 1. The molecule has 2 rings (SSSR count). The first-order valence-corrected chi connectivity index (χ1v) is 15.7. The Morgan fingerprint density at radius 1 is 1.14 bits per heavy atom. The lowest BCUT2D eigenvalue weighted by Gasteiger charge is -2.32. The van der Waals surface area contributed by atoms with E-state index in [0.717, 1.165) is 18.4 Å². The highest BCUT2D eigenvalue weighted by Gasteiger charge is 2.42. The standard InChI is InChI=1S/C33H55N3O8/c1-9-22(4)25(30(37)35-19-33(5,6)31(34)38)18-28-26(36(20-44-28)32(39)40)17-24(21(2)3)15-23-11-12-27(42-8)29(16-23)43-14-10-13-41-7/h11-12,16,21-22,24-26,28H,9-10,13-15,17-20H2,1-8H3,(H2,34,38)(H,35,37)(H,39,40). The Balaban J connectivity index is 2.26. The van der Waals surface area contributed by atoms with Crippen molar-refractivity contribution in [3.8, 4) is 11.5 Å². The lowest BCUT2D eigenvalue weighted by Crippen LogP contribution is -2.46. The zero-order valence-electron chi connectivity index (χ0n) is 27.9. The monoisotopic (exact) mass is 621 g/mol. The smallest absolute Gasteiger partial charge is 0.409 e. The normalized spacial score (nSPS) is 19.0. The topological polar surface area (TPSA) is 150 Å². The van der Waals surface area contributed by atoms with Gasteiger partial charge >= 0.3 is 6.09 Å². The van der Waals surface area contributed by atoms with Crippen molar-refractivity contribution in [3.63, 3.8) is 0 Å². The minimum atomic E-state index is -1.04. The number of methoxy groups -OCH3 is 2. The van der Waals surface area contributed by atoms with Crippen LogP contribution < -0.4 is 20.5 Å². The highest BCUT2D eigenvalue weighted by Crippen LogP contribution is 2.36. The minimum Gasteiger partial charge on any atom is -0.493 e. The molecule has 11 heteroatoms. The Hall–Kier alpha value is -3.05. The third-order valence-electron chi connectivity index (χ3n) is 8.99. The molecule has 0 spiro atoms. The summed E-state index contributed by atoms with van der Waals surface area (Å²) in [5.41, 5.74) is 5.69. The molecule has 0 radical (unpaired) electrons. The van der Waals surface area contributed by atoms with Crippen LogP contribution in [0, 0.1) is 29.1 Å². The van der Waals surface area contributed by atoms with E-state index in [1.807, 2.05) is 32.0 Å². The largest absolute Gasteiger partial charge is 0.493 e. The molecule has 3 amide bonds. The van der Waals surface area contributed by atoms with Crippen molar-refractivity contribution in [2.45, 2.75) is 85.8 Å². The first-order chi connectivity index (χ1) is 20.7. The molecule has 0 aliphatic carbocycles. The molecule has 1 aliphatic heterocycles. The Morgan fingerprint density at radius 3 is 2.41 bits per heavy atom. The third kappa shape index (κ3) is 10.5. The van der Waals surface area contributed by atoms with Crippen LogP contribution in [-0.2, 0) is 25.5 Å². The van der Waals surface area contributed by atoms with Crippen molar-refractivity contribution in [1.29, 1.82) is 0 Å². The van der Waals surface area contributed by atoms with Crippen LogP contribution in [0.15, 0.2) is 18.2 Å². The summed E-state index contributed by atoms with van der Waals surface area (Å²) in [6, 6.07) is 5.50. The van der Waals surface area contributed by atoms with Gasteiger partial charge in [0.25, 0.3) is 0 Å². The van der Waals surface area contributed by atoms with Crippen molar-refractivity contribution in [2.24, 2.45) is 34.8 Å². The van der Waals surface area contributed by atoms with Gasteiger partial charge in [-0.05, 0) is 68.6 Å². The summed E-state index contributed by atoms with van der Waals surface area (Å²) in [5, 5.41) is 13.0. The Labute approximate surface area is 263 Å². The number of hydrogen-bond acceptors (Lipinski definition) is 7. The number of carbonyl (C=O) groups excluding carboxylic acids is 2. The van der Waals surface area contributed by atoms with Crippen LogP contribution in [0.4, 0.5) is 4.79 Å². The molecule has 1 heterocycles. The summed E-state index contributed by atoms with van der Waals surface area (Å²) in [5.74, 6) is 0.649. The van der Waals surface area contributed by atoms with Gasteiger partial charge < -0.3 is 35.1 Å². The molecule has 0 aromatic heterocycles. The molecular formula is C33H55N3O8. The van der Waals surface area contributed by atoms with Crippen molar-refractivity contribution in [1.82, 2.24) is 10.2 Å². The molecular weight excluding hydrogens is 566 g/mol. The molecule has 1 aromatic carbocycles. The number of benzene rings is 1. The fourth-order valence-corrected chi connectivity index (χ4v) is 5.49. The van der Waals surface area contributed by atoms with Crippen LogP contribution in [0.25, 0.3) is 0 Å². The Kier molecular flexibility index (Phi) is 14.7. The van der Waals surface area contributed by atoms with Crippen LogP contribution in [0.2, 0.25) is 0 Å². The van der Waals surface area contributed by atoms with E-state index in [2.05, 4.69) is 19.2 Å². The minimum absolute atomic E-state index is 0.0253. The van der Waals surface area contributed by atoms with E-state index in [4.69, 9.17) is 24.7 Å². The Morgan fingerprint density at radius 2 is 1.84 bits per heavy atom. The van der Waals surface area contributed by atoms with Crippen molar-refractivity contribution >= 4 is 17.9 Å². The fraction of sp³-hybridized carbons (Fsp3) is 0.727. The number of carboxylic acid groups (broad SMARTS) is 1. The third-order valence-corrected chi connectivity index (χ3v) is 8.99. The number of carbonyl (C=O) groups is 3. The van der Waals surface area contributed by atoms with Crippen LogP contribution in [0.5, 0.6) is 11.5 Å².